The number of carbonyl (C=O) groups is 2. The maximum Gasteiger partial charge on any atom is 0.310 e. The van der Waals surface area contributed by atoms with Crippen molar-refractivity contribution in [2.75, 3.05) is 5.32 Å². The van der Waals surface area contributed by atoms with E-state index in [4.69, 9.17) is 9.15 Å². The molecular weight excluding hydrogens is 334 g/mol. The highest BCUT2D eigenvalue weighted by Crippen LogP contribution is 2.40. The number of benzene rings is 2. The number of carbonyl (C=O) groups excluding carboxylic acids is 1. The van der Waals surface area contributed by atoms with E-state index in [2.05, 4.69) is 5.32 Å². The number of anilines is 1. The zero-order chi connectivity index (χ0) is 17.8. The molecule has 1 amide bonds. The first kappa shape index (κ1) is 15.2. The number of hydrogen-bond acceptors (Lipinski definition) is 4. The van der Waals surface area contributed by atoms with E-state index in [9.17, 15) is 14.7 Å². The van der Waals surface area contributed by atoms with Crippen LogP contribution in [-0.2, 0) is 14.3 Å². The number of furan rings is 1. The van der Waals surface area contributed by atoms with E-state index in [0.717, 1.165) is 16.4 Å². The molecule has 3 heterocycles. The summed E-state index contributed by atoms with van der Waals surface area (Å²) in [7, 11) is 0. The molecule has 3 aromatic rings. The van der Waals surface area contributed by atoms with Gasteiger partial charge in [0, 0.05) is 22.5 Å². The standard InChI is InChI=1S/C20H15NO5/c22-19(17-14-7-8-15(26-14)18(17)20(23)24)21-10-5-6-12-11-3-1-2-4-13(11)25-16(12)9-10/h1-9,14-15,17-18H,(H,21,22)(H,23,24)/t14-,15+,17+,18-/m0/s1. The Hall–Kier alpha value is -3.12. The Kier molecular flexibility index (Phi) is 3.17. The molecule has 6 heteroatoms. The number of nitrogens with one attached hydrogen (secondary N) is 1. The Bertz CT molecular complexity index is 1080. The first-order valence-corrected chi connectivity index (χ1v) is 8.40. The van der Waals surface area contributed by atoms with E-state index in [1.807, 2.05) is 30.3 Å². The lowest BCUT2D eigenvalue weighted by Gasteiger charge is -2.20. The Morgan fingerprint density at radius 2 is 1.65 bits per heavy atom. The average Bonchev–Trinajstić information content (AvgIpc) is 3.33. The molecule has 2 N–H and O–H groups in total. The van der Waals surface area contributed by atoms with Crippen LogP contribution in [0.4, 0.5) is 5.69 Å². The summed E-state index contributed by atoms with van der Waals surface area (Å²) < 4.78 is 11.4. The minimum Gasteiger partial charge on any atom is -0.481 e. The molecule has 0 saturated carbocycles. The molecule has 0 unspecified atom stereocenters. The van der Waals surface area contributed by atoms with Crippen LogP contribution in [-0.4, -0.2) is 29.2 Å². The van der Waals surface area contributed by atoms with Gasteiger partial charge in [-0.05, 0) is 18.2 Å². The molecule has 5 rings (SSSR count). The summed E-state index contributed by atoms with van der Waals surface area (Å²) in [5.74, 6) is -2.98. The highest BCUT2D eigenvalue weighted by atomic mass is 16.5. The smallest absolute Gasteiger partial charge is 0.310 e. The second-order valence-corrected chi connectivity index (χ2v) is 6.64. The highest BCUT2D eigenvalue weighted by Gasteiger charge is 2.53. The summed E-state index contributed by atoms with van der Waals surface area (Å²) in [4.78, 5) is 24.2. The van der Waals surface area contributed by atoms with Crippen LogP contribution >= 0.6 is 0 Å². The molecule has 2 aliphatic rings. The van der Waals surface area contributed by atoms with E-state index in [-0.39, 0.29) is 5.91 Å². The van der Waals surface area contributed by atoms with Crippen LogP contribution in [0.1, 0.15) is 0 Å². The van der Waals surface area contributed by atoms with Gasteiger partial charge in [0.15, 0.2) is 0 Å². The van der Waals surface area contributed by atoms with Gasteiger partial charge in [0.05, 0.1) is 18.1 Å². The third-order valence-electron chi connectivity index (χ3n) is 5.13. The molecule has 0 spiro atoms. The third-order valence-corrected chi connectivity index (χ3v) is 5.13. The van der Waals surface area contributed by atoms with Crippen LogP contribution in [0.15, 0.2) is 59.0 Å². The van der Waals surface area contributed by atoms with Crippen molar-refractivity contribution in [3.8, 4) is 0 Å². The number of hydrogen-bond donors (Lipinski definition) is 2. The van der Waals surface area contributed by atoms with E-state index in [1.54, 1.807) is 24.3 Å². The molecule has 6 nitrogen and oxygen atoms in total. The topological polar surface area (TPSA) is 88.8 Å². The van der Waals surface area contributed by atoms with Gasteiger partial charge in [-0.1, -0.05) is 30.4 Å². The summed E-state index contributed by atoms with van der Waals surface area (Å²) in [6.45, 7) is 0. The fourth-order valence-corrected chi connectivity index (χ4v) is 3.94. The number of ether oxygens (including phenoxy) is 1. The Morgan fingerprint density at radius 3 is 2.46 bits per heavy atom. The number of aliphatic carboxylic acids is 1. The molecule has 26 heavy (non-hydrogen) atoms. The van der Waals surface area contributed by atoms with Gasteiger partial charge in [-0.2, -0.15) is 0 Å². The summed E-state index contributed by atoms with van der Waals surface area (Å²) >= 11 is 0. The van der Waals surface area contributed by atoms with Gasteiger partial charge >= 0.3 is 5.97 Å². The lowest BCUT2D eigenvalue weighted by Crippen LogP contribution is -2.39. The molecule has 2 aliphatic heterocycles. The van der Waals surface area contributed by atoms with E-state index in [1.165, 1.54) is 0 Å². The lowest BCUT2D eigenvalue weighted by molar-refractivity contribution is -0.145. The van der Waals surface area contributed by atoms with Crippen molar-refractivity contribution in [2.45, 2.75) is 12.2 Å². The van der Waals surface area contributed by atoms with Crippen molar-refractivity contribution in [1.82, 2.24) is 0 Å². The molecule has 1 saturated heterocycles. The Morgan fingerprint density at radius 1 is 0.923 bits per heavy atom. The molecule has 4 atom stereocenters. The maximum atomic E-state index is 12.7. The second kappa shape index (κ2) is 5.44. The molecule has 130 valence electrons. The van der Waals surface area contributed by atoms with Gasteiger partial charge in [-0.15, -0.1) is 0 Å². The minimum absolute atomic E-state index is 0.357. The van der Waals surface area contributed by atoms with Crippen molar-refractivity contribution in [1.29, 1.82) is 0 Å². The fourth-order valence-electron chi connectivity index (χ4n) is 3.94. The van der Waals surface area contributed by atoms with Crippen molar-refractivity contribution < 1.29 is 23.8 Å². The second-order valence-electron chi connectivity index (χ2n) is 6.64. The number of para-hydroxylation sites is 1. The predicted octanol–water partition coefficient (Wildman–Crippen LogP) is 3.18. The Balaban J connectivity index is 1.45. The first-order valence-electron chi connectivity index (χ1n) is 8.40. The number of carboxylic acid groups (broad SMARTS) is 1. The van der Waals surface area contributed by atoms with Crippen molar-refractivity contribution in [3.05, 3.63) is 54.6 Å². The van der Waals surface area contributed by atoms with Crippen LogP contribution in [0.25, 0.3) is 21.9 Å². The Labute approximate surface area is 148 Å². The summed E-state index contributed by atoms with van der Waals surface area (Å²) in [5.41, 5.74) is 2.02. The van der Waals surface area contributed by atoms with E-state index in [0.29, 0.717) is 11.3 Å². The SMILES string of the molecule is O=C(O)[C@@H]1[C@H](C(=O)Nc2ccc3c(c2)oc2ccccc23)[C@@H]2C=C[C@H]1O2. The third kappa shape index (κ3) is 2.16. The number of carboxylic acids is 1. The molecule has 1 fully saturated rings. The molecule has 2 bridgehead atoms. The number of rotatable bonds is 3. The molecule has 0 aliphatic carbocycles. The molecule has 0 radical (unpaired) electrons. The van der Waals surface area contributed by atoms with Crippen LogP contribution < -0.4 is 5.32 Å². The molecule has 1 aromatic heterocycles. The lowest BCUT2D eigenvalue weighted by atomic mass is 9.82. The summed E-state index contributed by atoms with van der Waals surface area (Å²) in [5, 5.41) is 14.2. The van der Waals surface area contributed by atoms with Crippen molar-refractivity contribution in [2.24, 2.45) is 11.8 Å². The first-order chi connectivity index (χ1) is 12.6. The zero-order valence-electron chi connectivity index (χ0n) is 13.6. The average molecular weight is 349 g/mol. The summed E-state index contributed by atoms with van der Waals surface area (Å²) in [6, 6.07) is 13.2. The van der Waals surface area contributed by atoms with Gasteiger partial charge in [0.2, 0.25) is 5.91 Å². The monoisotopic (exact) mass is 349 g/mol. The predicted molar refractivity (Wildman–Crippen MR) is 94.8 cm³/mol. The maximum absolute atomic E-state index is 12.7. The number of fused-ring (bicyclic) bond motifs is 5. The van der Waals surface area contributed by atoms with Gasteiger partial charge in [-0.25, -0.2) is 0 Å². The quantitative estimate of drug-likeness (QED) is 0.709. The van der Waals surface area contributed by atoms with Gasteiger partial charge in [0.1, 0.15) is 17.1 Å². The van der Waals surface area contributed by atoms with Gasteiger partial charge in [0.25, 0.3) is 0 Å². The minimum atomic E-state index is -1.02. The van der Waals surface area contributed by atoms with Crippen molar-refractivity contribution in [3.63, 3.8) is 0 Å². The van der Waals surface area contributed by atoms with Crippen LogP contribution in [0.3, 0.4) is 0 Å². The van der Waals surface area contributed by atoms with Crippen LogP contribution in [0.2, 0.25) is 0 Å². The number of amides is 1. The van der Waals surface area contributed by atoms with Gasteiger partial charge < -0.3 is 19.6 Å². The molecule has 2 aromatic carbocycles. The van der Waals surface area contributed by atoms with Crippen LogP contribution in [0, 0.1) is 11.8 Å². The normalized spacial score (nSPS) is 26.6. The van der Waals surface area contributed by atoms with Gasteiger partial charge in [-0.3, -0.25) is 9.59 Å². The highest BCUT2D eigenvalue weighted by molar-refractivity contribution is 6.06. The fraction of sp³-hybridized carbons (Fsp3) is 0.200. The largest absolute Gasteiger partial charge is 0.481 e. The zero-order valence-corrected chi connectivity index (χ0v) is 13.6. The van der Waals surface area contributed by atoms with Crippen LogP contribution in [0.5, 0.6) is 0 Å². The molecular formula is C20H15NO5. The van der Waals surface area contributed by atoms with E-state index < -0.39 is 30.0 Å². The van der Waals surface area contributed by atoms with Crippen molar-refractivity contribution >= 4 is 39.5 Å². The van der Waals surface area contributed by atoms with E-state index >= 15 is 0 Å². The summed E-state index contributed by atoms with van der Waals surface area (Å²) in [6.07, 6.45) is 2.45.